The summed E-state index contributed by atoms with van der Waals surface area (Å²) < 4.78 is 15.6. The Balaban J connectivity index is 0.00000172. The maximum atomic E-state index is 11.0. The van der Waals surface area contributed by atoms with Crippen LogP contribution in [-0.2, 0) is 32.3 Å². The molecular formula is C11H18N4O5. The van der Waals surface area contributed by atoms with E-state index in [1.165, 1.54) is 11.6 Å². The van der Waals surface area contributed by atoms with Crippen molar-refractivity contribution in [1.29, 1.82) is 0 Å². The predicted molar refractivity (Wildman–Crippen MR) is 67.5 cm³/mol. The van der Waals surface area contributed by atoms with Gasteiger partial charge in [-0.05, 0) is 24.3 Å². The number of Topliss-reactive ketones (excluding diaryl/α,β-unsaturated/α-hetero) is 1. The normalized spacial score (nSPS) is 9.30. The average Bonchev–Trinajstić information content (AvgIpc) is 2.86. The topological polar surface area (TPSA) is 105 Å². The quantitative estimate of drug-likeness (QED) is 0.533. The first-order valence-electron chi connectivity index (χ1n) is 5.75. The highest BCUT2D eigenvalue weighted by molar-refractivity contribution is 5.76. The van der Waals surface area contributed by atoms with Gasteiger partial charge in [-0.15, -0.1) is 18.3 Å². The fourth-order valence-electron chi connectivity index (χ4n) is 0.986. The van der Waals surface area contributed by atoms with Gasteiger partial charge in [0, 0.05) is 0 Å². The Hall–Kier alpha value is -2.29. The summed E-state index contributed by atoms with van der Waals surface area (Å²) >= 11 is 0. The number of hydrogen-bond donors (Lipinski definition) is 0. The summed E-state index contributed by atoms with van der Waals surface area (Å²) in [6, 6.07) is 0. The molecule has 0 aliphatic heterocycles. The molecule has 0 aliphatic rings. The van der Waals surface area contributed by atoms with E-state index in [1.807, 2.05) is 0 Å². The third-order valence-electron chi connectivity index (χ3n) is 1.71. The van der Waals surface area contributed by atoms with Crippen LogP contribution in [0.25, 0.3) is 0 Å². The molecule has 1 rings (SSSR count). The molecule has 0 saturated heterocycles. The highest BCUT2D eigenvalue weighted by Gasteiger charge is 2.09. The zero-order chi connectivity index (χ0) is 15.4. The molecule has 1 aromatic heterocycles. The molecule has 0 saturated carbocycles. The first-order valence-corrected chi connectivity index (χ1v) is 5.75. The number of aromatic nitrogens is 4. The monoisotopic (exact) mass is 286 g/mol. The van der Waals surface area contributed by atoms with Gasteiger partial charge in [0.1, 0.15) is 13.2 Å². The van der Waals surface area contributed by atoms with Crippen LogP contribution in [0.5, 0.6) is 0 Å². The van der Waals surface area contributed by atoms with Gasteiger partial charge in [-0.2, -0.15) is 4.68 Å². The Labute approximate surface area is 116 Å². The third-order valence-corrected chi connectivity index (χ3v) is 1.71. The van der Waals surface area contributed by atoms with Crippen LogP contribution in [-0.4, -0.2) is 45.4 Å². The van der Waals surface area contributed by atoms with E-state index >= 15 is 0 Å². The summed E-state index contributed by atoms with van der Waals surface area (Å²) in [6.45, 7) is 9.16. The fourth-order valence-corrected chi connectivity index (χ4v) is 0.986. The van der Waals surface area contributed by atoms with E-state index < -0.39 is 6.16 Å². The number of ether oxygens (including phenoxy) is 3. The minimum absolute atomic E-state index is 0.0222. The summed E-state index contributed by atoms with van der Waals surface area (Å²) in [7, 11) is 0. The zero-order valence-corrected chi connectivity index (χ0v) is 11.6. The van der Waals surface area contributed by atoms with Crippen molar-refractivity contribution in [2.45, 2.75) is 27.2 Å². The molecule has 0 aliphatic carbocycles. The molecule has 9 heteroatoms. The van der Waals surface area contributed by atoms with E-state index in [1.54, 1.807) is 6.92 Å². The van der Waals surface area contributed by atoms with Crippen molar-refractivity contribution < 1.29 is 23.8 Å². The van der Waals surface area contributed by atoms with E-state index in [4.69, 9.17) is 9.47 Å². The molecule has 9 nitrogen and oxygen atoms in total. The molecular weight excluding hydrogens is 268 g/mol. The van der Waals surface area contributed by atoms with Crippen molar-refractivity contribution in [3.63, 3.8) is 0 Å². The first kappa shape index (κ1) is 17.7. The summed E-state index contributed by atoms with van der Waals surface area (Å²) in [6.07, 6.45) is -0.802. The number of carbonyl (C=O) groups is 2. The van der Waals surface area contributed by atoms with Crippen LogP contribution in [0.3, 0.4) is 0 Å². The molecule has 1 aromatic rings. The highest BCUT2D eigenvalue weighted by Crippen LogP contribution is 1.97. The van der Waals surface area contributed by atoms with Gasteiger partial charge >= 0.3 is 6.16 Å². The van der Waals surface area contributed by atoms with Crippen LogP contribution in [0.1, 0.15) is 19.7 Å². The molecule has 0 amide bonds. The molecule has 112 valence electrons. The summed E-state index contributed by atoms with van der Waals surface area (Å²) in [5, 5.41) is 10.7. The van der Waals surface area contributed by atoms with Crippen molar-refractivity contribution in [3.8, 4) is 0 Å². The molecule has 0 atom stereocenters. The number of rotatable bonds is 7. The molecule has 0 radical (unpaired) electrons. The first-order chi connectivity index (χ1) is 9.63. The lowest BCUT2D eigenvalue weighted by Crippen LogP contribution is -2.15. The standard InChI is InChI=1S/C9H14N4O5.C2H4/c1-3-17-9(15)18-6-13-8(10-11-12-13)5-16-4-7(2)14;1-2/h3-6H2,1-2H3;1-2H2. The lowest BCUT2D eigenvalue weighted by atomic mass is 10.5. The van der Waals surface area contributed by atoms with Crippen LogP contribution in [0.15, 0.2) is 13.2 Å². The minimum atomic E-state index is -0.802. The summed E-state index contributed by atoms with van der Waals surface area (Å²) in [5.41, 5.74) is 0. The van der Waals surface area contributed by atoms with Crippen molar-refractivity contribution in [1.82, 2.24) is 20.2 Å². The zero-order valence-electron chi connectivity index (χ0n) is 11.6. The van der Waals surface area contributed by atoms with Gasteiger partial charge in [-0.25, -0.2) is 4.79 Å². The van der Waals surface area contributed by atoms with Gasteiger partial charge < -0.3 is 14.2 Å². The number of ketones is 1. The molecule has 0 N–H and O–H groups in total. The predicted octanol–water partition coefficient (Wildman–Crippen LogP) is 0.712. The lowest BCUT2D eigenvalue weighted by molar-refractivity contribution is -0.121. The molecule has 0 unspecified atom stereocenters. The number of nitrogens with zero attached hydrogens (tertiary/aromatic N) is 4. The van der Waals surface area contributed by atoms with Crippen LogP contribution in [0, 0.1) is 0 Å². The Kier molecular flexibility index (Phi) is 9.40. The van der Waals surface area contributed by atoms with E-state index in [-0.39, 0.29) is 32.3 Å². The number of hydrogen-bond acceptors (Lipinski definition) is 8. The Bertz CT molecular complexity index is 421. The fraction of sp³-hybridized carbons (Fsp3) is 0.545. The van der Waals surface area contributed by atoms with E-state index in [0.29, 0.717) is 5.82 Å². The molecule has 1 heterocycles. The second-order valence-electron chi connectivity index (χ2n) is 3.25. The van der Waals surface area contributed by atoms with E-state index in [9.17, 15) is 9.59 Å². The third kappa shape index (κ3) is 7.21. The summed E-state index contributed by atoms with van der Waals surface area (Å²) in [4.78, 5) is 21.6. The second-order valence-corrected chi connectivity index (χ2v) is 3.25. The highest BCUT2D eigenvalue weighted by atomic mass is 16.7. The second kappa shape index (κ2) is 10.6. The number of tetrazole rings is 1. The van der Waals surface area contributed by atoms with Gasteiger partial charge in [-0.1, -0.05) is 0 Å². The number of carbonyl (C=O) groups excluding carboxylic acids is 2. The maximum Gasteiger partial charge on any atom is 0.510 e. The molecule has 0 aromatic carbocycles. The summed E-state index contributed by atoms with van der Waals surface area (Å²) in [5.74, 6) is 0.248. The largest absolute Gasteiger partial charge is 0.510 e. The van der Waals surface area contributed by atoms with Gasteiger partial charge in [0.05, 0.1) is 6.61 Å². The SMILES string of the molecule is C=C.CCOC(=O)OCn1nnnc1COCC(C)=O. The lowest BCUT2D eigenvalue weighted by Gasteiger charge is -2.06. The van der Waals surface area contributed by atoms with Crippen molar-refractivity contribution in [2.75, 3.05) is 13.2 Å². The van der Waals surface area contributed by atoms with Gasteiger partial charge in [0.2, 0.25) is 0 Å². The van der Waals surface area contributed by atoms with Gasteiger partial charge in [0.25, 0.3) is 0 Å². The van der Waals surface area contributed by atoms with Crippen LogP contribution in [0.4, 0.5) is 4.79 Å². The van der Waals surface area contributed by atoms with E-state index in [2.05, 4.69) is 33.4 Å². The molecule has 0 spiro atoms. The van der Waals surface area contributed by atoms with E-state index in [0.717, 1.165) is 0 Å². The Morgan fingerprint density at radius 3 is 2.60 bits per heavy atom. The smallest absolute Gasteiger partial charge is 0.435 e. The van der Waals surface area contributed by atoms with Gasteiger partial charge in [0.15, 0.2) is 18.3 Å². The van der Waals surface area contributed by atoms with Crippen molar-refractivity contribution in [3.05, 3.63) is 19.0 Å². The Morgan fingerprint density at radius 2 is 2.00 bits per heavy atom. The van der Waals surface area contributed by atoms with Crippen LogP contribution >= 0.6 is 0 Å². The average molecular weight is 286 g/mol. The van der Waals surface area contributed by atoms with Crippen molar-refractivity contribution in [2.24, 2.45) is 0 Å². The molecule has 0 fully saturated rings. The molecule has 20 heavy (non-hydrogen) atoms. The van der Waals surface area contributed by atoms with Gasteiger partial charge in [-0.3, -0.25) is 4.79 Å². The minimum Gasteiger partial charge on any atom is -0.435 e. The maximum absolute atomic E-state index is 11.0. The molecule has 0 bridgehead atoms. The van der Waals surface area contributed by atoms with Crippen LogP contribution in [0.2, 0.25) is 0 Å². The Morgan fingerprint density at radius 1 is 1.30 bits per heavy atom. The van der Waals surface area contributed by atoms with Crippen molar-refractivity contribution >= 4 is 11.9 Å². The van der Waals surface area contributed by atoms with Crippen LogP contribution < -0.4 is 0 Å².